The van der Waals surface area contributed by atoms with E-state index in [1.54, 1.807) is 12.4 Å². The molecule has 2 aromatic rings. The van der Waals surface area contributed by atoms with Gasteiger partial charge in [0.05, 0.1) is 6.10 Å². The Kier molecular flexibility index (Phi) is 6.82. The summed E-state index contributed by atoms with van der Waals surface area (Å²) in [5.41, 5.74) is 5.29. The Hall–Kier alpha value is -2.44. The third kappa shape index (κ3) is 4.52. The summed E-state index contributed by atoms with van der Waals surface area (Å²) in [5.74, 6) is 0.675. The summed E-state index contributed by atoms with van der Waals surface area (Å²) in [7, 11) is 2.09. The maximum Gasteiger partial charge on any atom is 0.225 e. The second-order valence-electron chi connectivity index (χ2n) is 9.42. The minimum atomic E-state index is -0.661. The van der Waals surface area contributed by atoms with Gasteiger partial charge in [-0.15, -0.1) is 0 Å². The Morgan fingerprint density at radius 1 is 1.28 bits per heavy atom. The molecule has 1 aliphatic carbocycles. The minimum Gasteiger partial charge on any atom is -0.489 e. The number of carbonyl (C=O) groups excluding carboxylic acids is 1. The van der Waals surface area contributed by atoms with E-state index in [1.807, 2.05) is 30.9 Å². The summed E-state index contributed by atoms with van der Waals surface area (Å²) < 4.78 is 6.14. The van der Waals surface area contributed by atoms with E-state index in [0.717, 1.165) is 67.0 Å². The van der Waals surface area contributed by atoms with Crippen molar-refractivity contribution in [1.29, 1.82) is 0 Å². The smallest absolute Gasteiger partial charge is 0.225 e. The van der Waals surface area contributed by atoms with Gasteiger partial charge in [0.25, 0.3) is 0 Å². The van der Waals surface area contributed by atoms with Crippen LogP contribution >= 0.6 is 0 Å². The summed E-state index contributed by atoms with van der Waals surface area (Å²) in [6, 6.07) is 5.97. The van der Waals surface area contributed by atoms with Crippen LogP contribution in [0.5, 0.6) is 5.75 Å². The van der Waals surface area contributed by atoms with Crippen LogP contribution in [0.3, 0.4) is 0 Å². The van der Waals surface area contributed by atoms with Crippen molar-refractivity contribution in [2.45, 2.75) is 46.3 Å². The van der Waals surface area contributed by atoms with Gasteiger partial charge in [-0.05, 0) is 68.1 Å². The Morgan fingerprint density at radius 2 is 2.03 bits per heavy atom. The van der Waals surface area contributed by atoms with E-state index in [-0.39, 0.29) is 17.7 Å². The molecule has 0 radical (unpaired) electrons. The third-order valence-corrected chi connectivity index (χ3v) is 7.32. The molecule has 6 heteroatoms. The second kappa shape index (κ2) is 9.59. The van der Waals surface area contributed by atoms with E-state index >= 15 is 0 Å². The number of likely N-dealkylation sites (N-methyl/N-ethyl adjacent to an activating group) is 1. The first-order valence-electron chi connectivity index (χ1n) is 11.7. The number of hydrogen-bond donors (Lipinski definition) is 1. The van der Waals surface area contributed by atoms with Crippen molar-refractivity contribution >= 4 is 5.91 Å². The van der Waals surface area contributed by atoms with Crippen molar-refractivity contribution in [2.24, 2.45) is 11.8 Å². The van der Waals surface area contributed by atoms with Gasteiger partial charge >= 0.3 is 0 Å². The summed E-state index contributed by atoms with van der Waals surface area (Å²) >= 11 is 0. The Morgan fingerprint density at radius 3 is 2.72 bits per heavy atom. The topological polar surface area (TPSA) is 65.9 Å². The van der Waals surface area contributed by atoms with Crippen LogP contribution in [0.4, 0.5) is 0 Å². The molecule has 172 valence electrons. The van der Waals surface area contributed by atoms with Gasteiger partial charge in [-0.25, -0.2) is 0 Å². The monoisotopic (exact) mass is 437 g/mol. The van der Waals surface area contributed by atoms with E-state index < -0.39 is 6.10 Å². The number of fused-ring (bicyclic) bond motifs is 1. The highest BCUT2D eigenvalue weighted by molar-refractivity contribution is 5.79. The molecule has 1 N–H and O–H groups in total. The molecule has 1 aromatic carbocycles. The van der Waals surface area contributed by atoms with Gasteiger partial charge in [-0.2, -0.15) is 0 Å². The highest BCUT2D eigenvalue weighted by atomic mass is 16.5. The first kappa shape index (κ1) is 22.7. The van der Waals surface area contributed by atoms with E-state index in [9.17, 15) is 9.90 Å². The number of ether oxygens (including phenoxy) is 1. The number of aromatic nitrogens is 1. The van der Waals surface area contributed by atoms with Gasteiger partial charge in [0, 0.05) is 56.0 Å². The lowest BCUT2D eigenvalue weighted by Gasteiger charge is -2.39. The largest absolute Gasteiger partial charge is 0.489 e. The quantitative estimate of drug-likeness (QED) is 0.778. The first-order chi connectivity index (χ1) is 15.4. The van der Waals surface area contributed by atoms with Crippen LogP contribution in [0.25, 0.3) is 0 Å². The Balaban J connectivity index is 1.53. The lowest BCUT2D eigenvalue weighted by Crippen LogP contribution is -2.50. The molecular weight excluding hydrogens is 402 g/mol. The van der Waals surface area contributed by atoms with Crippen molar-refractivity contribution in [3.63, 3.8) is 0 Å². The fraction of sp³-hybridized carbons (Fsp3) is 0.538. The molecule has 0 spiro atoms. The molecule has 4 rings (SSSR count). The molecule has 3 atom stereocenters. The lowest BCUT2D eigenvalue weighted by molar-refractivity contribution is -0.140. The third-order valence-electron chi connectivity index (χ3n) is 7.32. The molecule has 3 unspecified atom stereocenters. The molecule has 1 fully saturated rings. The summed E-state index contributed by atoms with van der Waals surface area (Å²) in [6.07, 6.45) is 4.60. The molecule has 6 nitrogen and oxygen atoms in total. The van der Waals surface area contributed by atoms with Gasteiger partial charge in [-0.1, -0.05) is 13.0 Å². The molecule has 1 saturated heterocycles. The molecule has 1 aromatic heterocycles. The van der Waals surface area contributed by atoms with E-state index in [4.69, 9.17) is 4.74 Å². The molecule has 2 heterocycles. The number of benzene rings is 1. The van der Waals surface area contributed by atoms with Crippen LogP contribution in [-0.4, -0.2) is 59.0 Å². The Bertz CT molecular complexity index is 955. The summed E-state index contributed by atoms with van der Waals surface area (Å²) in [6.45, 7) is 9.88. The molecule has 0 saturated carbocycles. The number of nitrogens with zero attached hydrogens (tertiary/aromatic N) is 3. The predicted molar refractivity (Wildman–Crippen MR) is 124 cm³/mol. The highest BCUT2D eigenvalue weighted by Gasteiger charge is 2.38. The molecule has 1 amide bonds. The average molecular weight is 438 g/mol. The number of piperazine rings is 1. The second-order valence-corrected chi connectivity index (χ2v) is 9.42. The van der Waals surface area contributed by atoms with Gasteiger partial charge in [0.1, 0.15) is 12.4 Å². The van der Waals surface area contributed by atoms with Crippen LogP contribution in [0.1, 0.15) is 47.3 Å². The Labute approximate surface area is 191 Å². The number of rotatable bonds is 5. The molecular formula is C26H35N3O3. The van der Waals surface area contributed by atoms with Crippen molar-refractivity contribution in [1.82, 2.24) is 14.8 Å². The first-order valence-corrected chi connectivity index (χ1v) is 11.7. The number of aliphatic hydroxyl groups is 1. The predicted octanol–water partition coefficient (Wildman–Crippen LogP) is 3.28. The summed E-state index contributed by atoms with van der Waals surface area (Å²) in [4.78, 5) is 21.6. The van der Waals surface area contributed by atoms with Gasteiger partial charge < -0.3 is 19.6 Å². The number of hydrogen-bond acceptors (Lipinski definition) is 5. The molecule has 0 bridgehead atoms. The zero-order valence-corrected chi connectivity index (χ0v) is 19.7. The van der Waals surface area contributed by atoms with Crippen molar-refractivity contribution in [3.8, 4) is 5.75 Å². The summed E-state index contributed by atoms with van der Waals surface area (Å²) in [5, 5.41) is 11.5. The lowest BCUT2D eigenvalue weighted by atomic mass is 9.72. The van der Waals surface area contributed by atoms with E-state index in [1.165, 1.54) is 5.56 Å². The van der Waals surface area contributed by atoms with Crippen LogP contribution in [-0.2, 0) is 17.8 Å². The number of carbonyl (C=O) groups is 1. The van der Waals surface area contributed by atoms with Crippen LogP contribution in [0, 0.1) is 25.7 Å². The highest BCUT2D eigenvalue weighted by Crippen LogP contribution is 2.44. The van der Waals surface area contributed by atoms with Crippen LogP contribution in [0.15, 0.2) is 30.6 Å². The van der Waals surface area contributed by atoms with Crippen molar-refractivity contribution in [2.75, 3.05) is 33.2 Å². The molecule has 2 aliphatic rings. The van der Waals surface area contributed by atoms with Crippen molar-refractivity contribution < 1.29 is 14.6 Å². The SMILES string of the molecule is Cc1cc(OCc2cccnc2)c(C)c2c1CCC(C(C)C(=O)N1CCN(C)CC1)C2O. The van der Waals surface area contributed by atoms with Gasteiger partial charge in [-0.3, -0.25) is 9.78 Å². The zero-order chi connectivity index (χ0) is 22.8. The minimum absolute atomic E-state index is 0.0821. The fourth-order valence-electron chi connectivity index (χ4n) is 5.19. The number of pyridine rings is 1. The van der Waals surface area contributed by atoms with E-state index in [0.29, 0.717) is 6.61 Å². The van der Waals surface area contributed by atoms with Crippen molar-refractivity contribution in [3.05, 3.63) is 58.4 Å². The van der Waals surface area contributed by atoms with Gasteiger partial charge in [0.2, 0.25) is 5.91 Å². The maximum absolute atomic E-state index is 13.2. The van der Waals surface area contributed by atoms with Gasteiger partial charge in [0.15, 0.2) is 0 Å². The standard InChI is InChI=1S/C26H35N3O3/c1-17-14-23(32-16-20-6-5-9-27-15-20)19(3)24-21(17)7-8-22(25(24)30)18(2)26(31)29-12-10-28(4)11-13-29/h5-6,9,14-15,18,22,25,30H,7-8,10-13,16H2,1-4H3. The zero-order valence-electron chi connectivity index (χ0n) is 19.7. The number of aliphatic hydroxyl groups excluding tert-OH is 1. The maximum atomic E-state index is 13.2. The average Bonchev–Trinajstić information content (AvgIpc) is 2.80. The number of amides is 1. The molecule has 32 heavy (non-hydrogen) atoms. The fourth-order valence-corrected chi connectivity index (χ4v) is 5.19. The number of aryl methyl sites for hydroxylation is 1. The van der Waals surface area contributed by atoms with Crippen LogP contribution < -0.4 is 4.74 Å². The van der Waals surface area contributed by atoms with E-state index in [2.05, 4.69) is 29.9 Å². The van der Waals surface area contributed by atoms with Crippen LogP contribution in [0.2, 0.25) is 0 Å². The molecule has 1 aliphatic heterocycles. The normalized spacial score (nSPS) is 22.3.